The zero-order chi connectivity index (χ0) is 10.4. The molecule has 1 aromatic rings. The van der Waals surface area contributed by atoms with E-state index in [-0.39, 0.29) is 0 Å². The zero-order valence-electron chi connectivity index (χ0n) is 8.56. The van der Waals surface area contributed by atoms with E-state index in [2.05, 4.69) is 34.0 Å². The Morgan fingerprint density at radius 3 is 2.79 bits per heavy atom. The Kier molecular flexibility index (Phi) is 4.39. The fraction of sp³-hybridized carbons (Fsp3) is 0.444. The van der Waals surface area contributed by atoms with E-state index in [0.29, 0.717) is 11.1 Å². The van der Waals surface area contributed by atoms with Gasteiger partial charge in [0.25, 0.3) is 0 Å². The molecular formula is C9H14N4S. The van der Waals surface area contributed by atoms with Gasteiger partial charge in [-0.05, 0) is 17.7 Å². The Morgan fingerprint density at radius 2 is 2.14 bits per heavy atom. The van der Waals surface area contributed by atoms with Crippen molar-refractivity contribution in [3.8, 4) is 0 Å². The van der Waals surface area contributed by atoms with Gasteiger partial charge in [-0.15, -0.1) is 0 Å². The smallest absolute Gasteiger partial charge is 0.188 e. The van der Waals surface area contributed by atoms with Gasteiger partial charge >= 0.3 is 0 Å². The maximum Gasteiger partial charge on any atom is 0.188 e. The van der Waals surface area contributed by atoms with Crippen LogP contribution in [0.1, 0.15) is 25.3 Å². The van der Waals surface area contributed by atoms with Gasteiger partial charge in [-0.2, -0.15) is 5.10 Å². The van der Waals surface area contributed by atoms with Crippen LogP contribution in [0.3, 0.4) is 0 Å². The highest BCUT2D eigenvalue weighted by Crippen LogP contribution is 2.10. The Balaban J connectivity index is 3.19. The first-order chi connectivity index (χ1) is 6.74. The Bertz CT molecular complexity index is 333. The Hall–Kier alpha value is -1.10. The number of nitrogens with one attached hydrogen (secondary N) is 1. The summed E-state index contributed by atoms with van der Waals surface area (Å²) in [5, 5.41) is 7.40. The monoisotopic (exact) mass is 210 g/mol. The highest BCUT2D eigenvalue weighted by Gasteiger charge is 1.96. The standard InChI is InChI=1S/C9H14N4S/c1-7(2)8-4-10-9(14-3)11-6-13-12-5-8/h4-7,12H,1-3H3. The van der Waals surface area contributed by atoms with Crippen LogP contribution < -0.4 is 0 Å². The Morgan fingerprint density at radius 1 is 1.36 bits per heavy atom. The number of aromatic amines is 1. The van der Waals surface area contributed by atoms with Crippen molar-refractivity contribution < 1.29 is 0 Å². The fourth-order valence-corrected chi connectivity index (χ4v) is 1.16. The van der Waals surface area contributed by atoms with Crippen molar-refractivity contribution >= 4 is 11.8 Å². The summed E-state index contributed by atoms with van der Waals surface area (Å²) in [7, 11) is 0. The Labute approximate surface area is 87.9 Å². The van der Waals surface area contributed by atoms with Gasteiger partial charge in [0.1, 0.15) is 6.33 Å². The lowest BCUT2D eigenvalue weighted by atomic mass is 10.1. The second kappa shape index (κ2) is 5.59. The molecule has 0 aliphatic heterocycles. The summed E-state index contributed by atoms with van der Waals surface area (Å²) in [6.45, 7) is 4.22. The molecule has 0 radical (unpaired) electrons. The molecule has 0 saturated carbocycles. The van der Waals surface area contributed by atoms with Crippen molar-refractivity contribution in [1.82, 2.24) is 20.2 Å². The molecule has 14 heavy (non-hydrogen) atoms. The molecule has 0 spiro atoms. The summed E-state index contributed by atoms with van der Waals surface area (Å²) in [5.74, 6) is 0.419. The SMILES string of the molecule is CSc1ncn[nH]cc(C(C)C)cn1. The molecule has 1 aromatic heterocycles. The quantitative estimate of drug-likeness (QED) is 0.760. The molecule has 0 unspecified atom stereocenters. The van der Waals surface area contributed by atoms with Crippen LogP contribution in [0.4, 0.5) is 0 Å². The molecule has 0 aromatic carbocycles. The van der Waals surface area contributed by atoms with Crippen LogP contribution in [0, 0.1) is 0 Å². The van der Waals surface area contributed by atoms with Crippen molar-refractivity contribution in [2.45, 2.75) is 24.9 Å². The van der Waals surface area contributed by atoms with E-state index >= 15 is 0 Å². The van der Waals surface area contributed by atoms with Crippen LogP contribution in [0.2, 0.25) is 0 Å². The van der Waals surface area contributed by atoms with E-state index in [1.807, 2.05) is 18.6 Å². The molecule has 0 aliphatic carbocycles. The average molecular weight is 210 g/mol. The van der Waals surface area contributed by atoms with Gasteiger partial charge in [0.15, 0.2) is 5.16 Å². The van der Waals surface area contributed by atoms with Crippen molar-refractivity contribution in [2.24, 2.45) is 0 Å². The molecule has 0 atom stereocenters. The minimum absolute atomic E-state index is 0.419. The number of thioether (sulfide) groups is 1. The van der Waals surface area contributed by atoms with Crippen LogP contribution in [0.5, 0.6) is 0 Å². The third-order valence-electron chi connectivity index (χ3n) is 1.70. The number of H-pyrrole nitrogens is 1. The predicted octanol–water partition coefficient (Wildman–Crippen LogP) is 2.17. The molecular weight excluding hydrogens is 196 g/mol. The first-order valence-corrected chi connectivity index (χ1v) is 5.59. The highest BCUT2D eigenvalue weighted by molar-refractivity contribution is 7.98. The molecule has 1 heterocycles. The molecule has 1 rings (SSSR count). The van der Waals surface area contributed by atoms with Gasteiger partial charge in [0, 0.05) is 12.4 Å². The topological polar surface area (TPSA) is 54.5 Å². The van der Waals surface area contributed by atoms with Crippen molar-refractivity contribution in [3.05, 3.63) is 24.3 Å². The average Bonchev–Trinajstić information content (AvgIpc) is 2.28. The van der Waals surface area contributed by atoms with Gasteiger partial charge in [-0.25, -0.2) is 9.97 Å². The summed E-state index contributed by atoms with van der Waals surface area (Å²) in [6.07, 6.45) is 7.06. The second-order valence-electron chi connectivity index (χ2n) is 3.05. The van der Waals surface area contributed by atoms with Crippen molar-refractivity contribution in [3.63, 3.8) is 0 Å². The molecule has 0 bridgehead atoms. The molecule has 4 nitrogen and oxygen atoms in total. The summed E-state index contributed by atoms with van der Waals surface area (Å²) >= 11 is 1.50. The third kappa shape index (κ3) is 3.33. The molecule has 0 saturated heterocycles. The van der Waals surface area contributed by atoms with E-state index < -0.39 is 0 Å². The fourth-order valence-electron chi connectivity index (χ4n) is 0.845. The first kappa shape index (κ1) is 11.0. The third-order valence-corrected chi connectivity index (χ3v) is 2.28. The highest BCUT2D eigenvalue weighted by atomic mass is 32.2. The number of hydrogen-bond donors (Lipinski definition) is 1. The van der Waals surface area contributed by atoms with Crippen molar-refractivity contribution in [1.29, 1.82) is 0 Å². The lowest BCUT2D eigenvalue weighted by Crippen LogP contribution is -1.86. The molecule has 1 N–H and O–H groups in total. The summed E-state index contributed by atoms with van der Waals surface area (Å²) in [4.78, 5) is 8.30. The van der Waals surface area contributed by atoms with Gasteiger partial charge in [-0.3, -0.25) is 5.10 Å². The summed E-state index contributed by atoms with van der Waals surface area (Å²) in [5.41, 5.74) is 1.10. The maximum atomic E-state index is 4.25. The molecule has 0 aliphatic rings. The van der Waals surface area contributed by atoms with Gasteiger partial charge < -0.3 is 0 Å². The first-order valence-electron chi connectivity index (χ1n) is 4.37. The largest absolute Gasteiger partial charge is 0.284 e. The molecule has 5 heteroatoms. The predicted molar refractivity (Wildman–Crippen MR) is 57.7 cm³/mol. The molecule has 0 amide bonds. The minimum atomic E-state index is 0.419. The van der Waals surface area contributed by atoms with E-state index in [1.165, 1.54) is 18.1 Å². The van der Waals surface area contributed by atoms with E-state index in [4.69, 9.17) is 0 Å². The number of nitrogens with zero attached hydrogens (tertiary/aromatic N) is 3. The number of rotatable bonds is 2. The lowest BCUT2D eigenvalue weighted by Gasteiger charge is -1.99. The van der Waals surface area contributed by atoms with Crippen LogP contribution in [-0.2, 0) is 0 Å². The van der Waals surface area contributed by atoms with Crippen LogP contribution >= 0.6 is 11.8 Å². The van der Waals surface area contributed by atoms with E-state index in [0.717, 1.165) is 5.56 Å². The normalized spacial score (nSPS) is 10.0. The summed E-state index contributed by atoms with van der Waals surface area (Å²) in [6, 6.07) is 0. The van der Waals surface area contributed by atoms with Gasteiger partial charge in [0.2, 0.25) is 0 Å². The minimum Gasteiger partial charge on any atom is -0.284 e. The number of hydrogen-bond acceptors (Lipinski definition) is 4. The lowest BCUT2D eigenvalue weighted by molar-refractivity contribution is 0.845. The maximum absolute atomic E-state index is 4.25. The van der Waals surface area contributed by atoms with E-state index in [9.17, 15) is 0 Å². The van der Waals surface area contributed by atoms with Gasteiger partial charge in [-0.1, -0.05) is 25.6 Å². The van der Waals surface area contributed by atoms with Crippen molar-refractivity contribution in [2.75, 3.05) is 6.26 Å². The molecule has 0 fully saturated rings. The van der Waals surface area contributed by atoms with Crippen LogP contribution in [0.25, 0.3) is 0 Å². The molecule has 76 valence electrons. The second-order valence-corrected chi connectivity index (χ2v) is 3.82. The number of aromatic nitrogens is 4. The van der Waals surface area contributed by atoms with Gasteiger partial charge in [0.05, 0.1) is 0 Å². The zero-order valence-corrected chi connectivity index (χ0v) is 9.38. The van der Waals surface area contributed by atoms with E-state index in [1.54, 1.807) is 0 Å². The van der Waals surface area contributed by atoms with Crippen LogP contribution in [0.15, 0.2) is 23.9 Å². The summed E-state index contributed by atoms with van der Waals surface area (Å²) < 4.78 is 0. The van der Waals surface area contributed by atoms with Crippen LogP contribution in [-0.4, -0.2) is 26.4 Å².